The van der Waals surface area contributed by atoms with Gasteiger partial charge >= 0.3 is 0 Å². The number of Topliss-reactive ketones (excluding diaryl/α,β-unsaturated/α-hetero) is 1. The van der Waals surface area contributed by atoms with Gasteiger partial charge in [0.15, 0.2) is 11.5 Å². The molecule has 140 valence electrons. The minimum atomic E-state index is -0.585. The number of nitrogens with one attached hydrogen (secondary N) is 1. The fourth-order valence-corrected chi connectivity index (χ4v) is 2.26. The van der Waals surface area contributed by atoms with Crippen molar-refractivity contribution in [1.82, 2.24) is 0 Å². The molecule has 0 fully saturated rings. The summed E-state index contributed by atoms with van der Waals surface area (Å²) in [6.07, 6.45) is 0. The lowest BCUT2D eigenvalue weighted by Gasteiger charge is -2.13. The number of ether oxygens (including phenoxy) is 4. The Morgan fingerprint density at radius 3 is 2.00 bits per heavy atom. The van der Waals surface area contributed by atoms with Crippen LogP contribution in [-0.2, 0) is 0 Å². The summed E-state index contributed by atoms with van der Waals surface area (Å²) in [6, 6.07) is 11.6. The summed E-state index contributed by atoms with van der Waals surface area (Å²) in [4.78, 5) is 12.7. The van der Waals surface area contributed by atoms with E-state index in [1.165, 1.54) is 33.5 Å². The molecule has 0 bridgehead atoms. The Morgan fingerprint density at radius 1 is 0.963 bits per heavy atom. The topological polar surface area (TPSA) is 102 Å². The molecule has 0 amide bonds. The van der Waals surface area contributed by atoms with Gasteiger partial charge in [-0.3, -0.25) is 10.2 Å². The number of methoxy groups -OCH3 is 4. The molecule has 0 saturated heterocycles. The van der Waals surface area contributed by atoms with Crippen LogP contribution < -0.4 is 24.4 Å². The van der Waals surface area contributed by atoms with Crippen molar-refractivity contribution in [2.24, 2.45) is 5.10 Å². The molecule has 2 aromatic carbocycles. The highest BCUT2D eigenvalue weighted by Gasteiger charge is 2.20. The number of hydrazone groups is 1. The minimum absolute atomic E-state index is 0.182. The molecular formula is C19H19N3O5. The molecule has 0 aromatic heterocycles. The SMILES string of the molecule is COc1ccc(N/N=C(\C#N)C(=O)c2cc(OC)c(OC)c(OC)c2)cc1. The van der Waals surface area contributed by atoms with E-state index < -0.39 is 5.78 Å². The molecule has 1 N–H and O–H groups in total. The first-order valence-corrected chi connectivity index (χ1v) is 7.80. The summed E-state index contributed by atoms with van der Waals surface area (Å²) < 4.78 is 20.7. The van der Waals surface area contributed by atoms with Gasteiger partial charge in [0.05, 0.1) is 34.1 Å². The smallest absolute Gasteiger partial charge is 0.224 e. The molecule has 0 unspecified atom stereocenters. The van der Waals surface area contributed by atoms with Crippen LogP contribution in [0.5, 0.6) is 23.0 Å². The lowest BCUT2D eigenvalue weighted by atomic mass is 10.1. The van der Waals surface area contributed by atoms with Crippen LogP contribution in [0, 0.1) is 11.3 Å². The molecule has 27 heavy (non-hydrogen) atoms. The van der Waals surface area contributed by atoms with Crippen molar-refractivity contribution in [2.75, 3.05) is 33.9 Å². The van der Waals surface area contributed by atoms with Gasteiger partial charge in [0.2, 0.25) is 17.2 Å². The number of hydrogen-bond acceptors (Lipinski definition) is 8. The van der Waals surface area contributed by atoms with E-state index in [4.69, 9.17) is 18.9 Å². The minimum Gasteiger partial charge on any atom is -0.497 e. The van der Waals surface area contributed by atoms with Gasteiger partial charge in [-0.2, -0.15) is 10.4 Å². The van der Waals surface area contributed by atoms with Crippen molar-refractivity contribution in [3.05, 3.63) is 42.0 Å². The van der Waals surface area contributed by atoms with E-state index in [-0.39, 0.29) is 11.3 Å². The highest BCUT2D eigenvalue weighted by atomic mass is 16.5. The molecule has 0 radical (unpaired) electrons. The quantitative estimate of drug-likeness (QED) is 0.433. The van der Waals surface area contributed by atoms with Crippen LogP contribution in [0.15, 0.2) is 41.5 Å². The number of carbonyl (C=O) groups excluding carboxylic acids is 1. The molecule has 0 saturated carbocycles. The molecule has 2 aromatic rings. The third-order valence-electron chi connectivity index (χ3n) is 3.63. The monoisotopic (exact) mass is 369 g/mol. The maximum absolute atomic E-state index is 12.7. The first kappa shape index (κ1) is 19.6. The van der Waals surface area contributed by atoms with Crippen LogP contribution >= 0.6 is 0 Å². The molecule has 2 rings (SSSR count). The predicted molar refractivity (Wildman–Crippen MR) is 100 cm³/mol. The Hall–Kier alpha value is -3.73. The first-order valence-electron chi connectivity index (χ1n) is 7.80. The van der Waals surface area contributed by atoms with Crippen molar-refractivity contribution in [1.29, 1.82) is 5.26 Å². The maximum Gasteiger partial charge on any atom is 0.224 e. The number of nitrogens with zero attached hydrogens (tertiary/aromatic N) is 2. The van der Waals surface area contributed by atoms with Gasteiger partial charge in [0, 0.05) is 5.56 Å². The lowest BCUT2D eigenvalue weighted by molar-refractivity contribution is 0.106. The van der Waals surface area contributed by atoms with Gasteiger partial charge in [-0.15, -0.1) is 0 Å². The highest BCUT2D eigenvalue weighted by molar-refractivity contribution is 6.51. The number of anilines is 1. The second kappa shape index (κ2) is 9.10. The zero-order chi connectivity index (χ0) is 19.8. The standard InChI is InChI=1S/C19H19N3O5/c1-24-14-7-5-13(6-8-14)21-22-15(11-20)18(23)12-9-16(25-2)19(27-4)17(10-12)26-3/h5-10,21H,1-4H3/b22-15+. The Kier molecular flexibility index (Phi) is 6.61. The fourth-order valence-electron chi connectivity index (χ4n) is 2.26. The van der Waals surface area contributed by atoms with E-state index in [9.17, 15) is 10.1 Å². The molecule has 0 spiro atoms. The van der Waals surface area contributed by atoms with Crippen molar-refractivity contribution >= 4 is 17.2 Å². The van der Waals surface area contributed by atoms with Gasteiger partial charge in [-0.25, -0.2) is 0 Å². The molecule has 0 heterocycles. The second-order valence-electron chi connectivity index (χ2n) is 5.16. The third-order valence-corrected chi connectivity index (χ3v) is 3.63. The van der Waals surface area contributed by atoms with Crippen molar-refractivity contribution in [3.8, 4) is 29.1 Å². The number of hydrogen-bond donors (Lipinski definition) is 1. The summed E-state index contributed by atoms with van der Waals surface area (Å²) >= 11 is 0. The Bertz CT molecular complexity index is 860. The molecular weight excluding hydrogens is 350 g/mol. The third kappa shape index (κ3) is 4.46. The number of rotatable bonds is 8. The summed E-state index contributed by atoms with van der Waals surface area (Å²) in [5, 5.41) is 13.2. The van der Waals surface area contributed by atoms with Crippen LogP contribution in [0.25, 0.3) is 0 Å². The van der Waals surface area contributed by atoms with Crippen molar-refractivity contribution in [2.45, 2.75) is 0 Å². The number of nitriles is 1. The van der Waals surface area contributed by atoms with Crippen LogP contribution in [0.1, 0.15) is 10.4 Å². The highest BCUT2D eigenvalue weighted by Crippen LogP contribution is 2.38. The average Bonchev–Trinajstić information content (AvgIpc) is 2.73. The first-order chi connectivity index (χ1) is 13.1. The van der Waals surface area contributed by atoms with E-state index in [0.717, 1.165) is 0 Å². The largest absolute Gasteiger partial charge is 0.497 e. The molecule has 0 aliphatic heterocycles. The van der Waals surface area contributed by atoms with Gasteiger partial charge in [0.1, 0.15) is 11.8 Å². The van der Waals surface area contributed by atoms with Crippen molar-refractivity contribution < 1.29 is 23.7 Å². The van der Waals surface area contributed by atoms with Crippen molar-refractivity contribution in [3.63, 3.8) is 0 Å². The number of benzene rings is 2. The van der Waals surface area contributed by atoms with E-state index in [1.54, 1.807) is 37.4 Å². The van der Waals surface area contributed by atoms with Gasteiger partial charge < -0.3 is 18.9 Å². The molecule has 8 nitrogen and oxygen atoms in total. The second-order valence-corrected chi connectivity index (χ2v) is 5.16. The van der Waals surface area contributed by atoms with E-state index >= 15 is 0 Å². The summed E-state index contributed by atoms with van der Waals surface area (Å²) in [5.41, 5.74) is 3.14. The Labute approximate surface area is 156 Å². The van der Waals surface area contributed by atoms with E-state index in [1.807, 2.05) is 0 Å². The van der Waals surface area contributed by atoms with Crippen LogP contribution in [0.4, 0.5) is 5.69 Å². The summed E-state index contributed by atoms with van der Waals surface area (Å²) in [6.45, 7) is 0. The Morgan fingerprint density at radius 2 is 1.56 bits per heavy atom. The maximum atomic E-state index is 12.7. The summed E-state index contributed by atoms with van der Waals surface area (Å²) in [5.74, 6) is 1.06. The molecule has 0 aliphatic carbocycles. The van der Waals surface area contributed by atoms with Gasteiger partial charge in [-0.1, -0.05) is 0 Å². The normalized spacial score (nSPS) is 10.6. The van der Waals surface area contributed by atoms with Crippen LogP contribution in [0.3, 0.4) is 0 Å². The predicted octanol–water partition coefficient (Wildman–Crippen LogP) is 2.90. The number of carbonyl (C=O) groups is 1. The van der Waals surface area contributed by atoms with Gasteiger partial charge in [-0.05, 0) is 36.4 Å². The average molecular weight is 369 g/mol. The Balaban J connectivity index is 2.31. The van der Waals surface area contributed by atoms with E-state index in [2.05, 4.69) is 10.5 Å². The fraction of sp³-hybridized carbons (Fsp3) is 0.211. The molecule has 8 heteroatoms. The van der Waals surface area contributed by atoms with Crippen LogP contribution in [0.2, 0.25) is 0 Å². The molecule has 0 aliphatic rings. The number of ketones is 1. The molecule has 0 atom stereocenters. The lowest BCUT2D eigenvalue weighted by Crippen LogP contribution is -2.15. The van der Waals surface area contributed by atoms with Crippen LogP contribution in [-0.4, -0.2) is 39.9 Å². The zero-order valence-corrected chi connectivity index (χ0v) is 15.4. The van der Waals surface area contributed by atoms with Gasteiger partial charge in [0.25, 0.3) is 0 Å². The van der Waals surface area contributed by atoms with E-state index in [0.29, 0.717) is 28.7 Å². The summed E-state index contributed by atoms with van der Waals surface area (Å²) in [7, 11) is 5.90. The zero-order valence-electron chi connectivity index (χ0n) is 15.4.